The van der Waals surface area contributed by atoms with Gasteiger partial charge in [0.05, 0.1) is 17.7 Å². The van der Waals surface area contributed by atoms with Crippen LogP contribution in [0.1, 0.15) is 38.7 Å². The Morgan fingerprint density at radius 2 is 1.73 bits per heavy atom. The van der Waals surface area contributed by atoms with Crippen LogP contribution in [-0.4, -0.2) is 64.6 Å². The number of fused-ring (bicyclic) bond motifs is 1. The normalized spacial score (nSPS) is 13.1. The van der Waals surface area contributed by atoms with Crippen molar-refractivity contribution in [2.45, 2.75) is 50.6 Å². The third-order valence-corrected chi connectivity index (χ3v) is 8.97. The number of rotatable bonds is 14. The van der Waals surface area contributed by atoms with Crippen molar-refractivity contribution in [3.63, 3.8) is 0 Å². The van der Waals surface area contributed by atoms with E-state index in [9.17, 15) is 22.4 Å². The average molecular weight is 628 g/mol. The second kappa shape index (κ2) is 14.9. The molecule has 0 bridgehead atoms. The van der Waals surface area contributed by atoms with Crippen LogP contribution < -0.4 is 23.8 Å². The molecule has 1 aliphatic rings. The maximum absolute atomic E-state index is 14.2. The third kappa shape index (κ3) is 7.79. The summed E-state index contributed by atoms with van der Waals surface area (Å²) in [7, 11) is -2.85. The number of carbonyl (C=O) groups is 2. The van der Waals surface area contributed by atoms with Gasteiger partial charge in [-0.15, -0.1) is 0 Å². The van der Waals surface area contributed by atoms with E-state index in [-0.39, 0.29) is 35.4 Å². The number of halogens is 1. The number of benzene rings is 3. The smallest absolute Gasteiger partial charge is 0.264 e. The van der Waals surface area contributed by atoms with Gasteiger partial charge in [-0.3, -0.25) is 13.9 Å². The number of nitrogens with zero attached hydrogens (tertiary/aromatic N) is 2. The van der Waals surface area contributed by atoms with Crippen LogP contribution in [0.5, 0.6) is 17.2 Å². The van der Waals surface area contributed by atoms with Crippen LogP contribution in [0.3, 0.4) is 0 Å². The van der Waals surface area contributed by atoms with E-state index in [1.165, 1.54) is 42.3 Å². The lowest BCUT2D eigenvalue weighted by molar-refractivity contribution is -0.140. The van der Waals surface area contributed by atoms with Crippen molar-refractivity contribution in [2.75, 3.05) is 37.7 Å². The van der Waals surface area contributed by atoms with Crippen molar-refractivity contribution in [3.8, 4) is 17.2 Å². The minimum Gasteiger partial charge on any atom is -0.497 e. The molecule has 44 heavy (non-hydrogen) atoms. The van der Waals surface area contributed by atoms with Crippen molar-refractivity contribution in [2.24, 2.45) is 0 Å². The Balaban J connectivity index is 1.73. The zero-order chi connectivity index (χ0) is 31.7. The molecule has 0 saturated carbocycles. The molecule has 1 atom stereocenters. The molecule has 12 heteroatoms. The molecule has 1 N–H and O–H groups in total. The first kappa shape index (κ1) is 32.6. The van der Waals surface area contributed by atoms with Gasteiger partial charge in [-0.25, -0.2) is 12.8 Å². The van der Waals surface area contributed by atoms with Crippen LogP contribution in [-0.2, 0) is 26.2 Å². The van der Waals surface area contributed by atoms with Gasteiger partial charge in [-0.1, -0.05) is 32.4 Å². The average Bonchev–Trinajstić information content (AvgIpc) is 3.03. The van der Waals surface area contributed by atoms with Gasteiger partial charge < -0.3 is 24.4 Å². The van der Waals surface area contributed by atoms with Crippen LogP contribution in [0.25, 0.3) is 0 Å². The van der Waals surface area contributed by atoms with Gasteiger partial charge >= 0.3 is 0 Å². The predicted octanol–water partition coefficient (Wildman–Crippen LogP) is 4.52. The minimum absolute atomic E-state index is 0.0249. The van der Waals surface area contributed by atoms with Crippen LogP contribution in [0.2, 0.25) is 0 Å². The Hall–Kier alpha value is -4.32. The van der Waals surface area contributed by atoms with Crippen LogP contribution in [0.15, 0.2) is 71.6 Å². The van der Waals surface area contributed by atoms with Crippen LogP contribution in [0.4, 0.5) is 10.1 Å². The lowest BCUT2D eigenvalue weighted by atomic mass is 10.1. The van der Waals surface area contributed by atoms with Crippen molar-refractivity contribution in [1.82, 2.24) is 10.2 Å². The number of hydrogen-bond donors (Lipinski definition) is 1. The molecule has 0 radical (unpaired) electrons. The molecule has 0 fully saturated rings. The first-order chi connectivity index (χ1) is 21.2. The van der Waals surface area contributed by atoms with E-state index < -0.39 is 34.3 Å². The maximum Gasteiger partial charge on any atom is 0.264 e. The van der Waals surface area contributed by atoms with E-state index in [2.05, 4.69) is 5.32 Å². The highest BCUT2D eigenvalue weighted by atomic mass is 32.2. The summed E-state index contributed by atoms with van der Waals surface area (Å²) in [4.78, 5) is 28.8. The molecular weight excluding hydrogens is 589 g/mol. The Morgan fingerprint density at radius 3 is 2.41 bits per heavy atom. The zero-order valence-electron chi connectivity index (χ0n) is 25.1. The molecule has 3 aromatic carbocycles. The second-order valence-corrected chi connectivity index (χ2v) is 12.1. The largest absolute Gasteiger partial charge is 0.497 e. The molecule has 3 aromatic rings. The minimum atomic E-state index is -4.38. The van der Waals surface area contributed by atoms with Crippen molar-refractivity contribution < 1.29 is 36.6 Å². The van der Waals surface area contributed by atoms with Gasteiger partial charge in [0.1, 0.15) is 37.4 Å². The third-order valence-electron chi connectivity index (χ3n) is 7.20. The van der Waals surface area contributed by atoms with Gasteiger partial charge in [0, 0.05) is 19.2 Å². The van der Waals surface area contributed by atoms with E-state index in [4.69, 9.17) is 14.2 Å². The summed E-state index contributed by atoms with van der Waals surface area (Å²) < 4.78 is 59.5. The summed E-state index contributed by atoms with van der Waals surface area (Å²) in [5, 5.41) is 2.90. The van der Waals surface area contributed by atoms with Crippen molar-refractivity contribution in [1.29, 1.82) is 0 Å². The Labute approximate surface area is 257 Å². The quantitative estimate of drug-likeness (QED) is 0.262. The lowest BCUT2D eigenvalue weighted by Crippen LogP contribution is -2.52. The molecule has 1 heterocycles. The number of amides is 2. The standard InChI is InChI=1S/C32H38FN3O7S/c1-4-6-16-34-32(38)28(5-2)35(21-23-8-7-9-26(19-23)41-3)31(37)22-36(25-12-10-24(33)11-13-25)44(39,40)27-14-15-29-30(20-27)43-18-17-42-29/h7-15,19-20,28H,4-6,16-18,21-22H2,1-3H3,(H,34,38)/t28-/m1/s1. The highest BCUT2D eigenvalue weighted by molar-refractivity contribution is 7.92. The number of ether oxygens (including phenoxy) is 3. The SMILES string of the molecule is CCCCNC(=O)[C@@H](CC)N(Cc1cccc(OC)c1)C(=O)CN(c1ccc(F)cc1)S(=O)(=O)c1ccc2c(c1)OCCO2. The zero-order valence-corrected chi connectivity index (χ0v) is 25.9. The number of sulfonamides is 1. The molecule has 0 unspecified atom stereocenters. The molecule has 2 amide bonds. The first-order valence-corrected chi connectivity index (χ1v) is 16.0. The van der Waals surface area contributed by atoms with Gasteiger partial charge in [-0.2, -0.15) is 0 Å². The molecule has 10 nitrogen and oxygen atoms in total. The highest BCUT2D eigenvalue weighted by Crippen LogP contribution is 2.34. The van der Waals surface area contributed by atoms with Gasteiger partial charge in [0.15, 0.2) is 11.5 Å². The fourth-order valence-corrected chi connectivity index (χ4v) is 6.27. The highest BCUT2D eigenvalue weighted by Gasteiger charge is 2.34. The summed E-state index contributed by atoms with van der Waals surface area (Å²) in [6.45, 7) is 4.22. The number of methoxy groups -OCH3 is 1. The van der Waals surface area contributed by atoms with Crippen molar-refractivity contribution in [3.05, 3.63) is 78.1 Å². The molecule has 0 aliphatic carbocycles. The molecular formula is C32H38FN3O7S. The van der Waals surface area contributed by atoms with Gasteiger partial charge in [0.25, 0.3) is 10.0 Å². The maximum atomic E-state index is 14.2. The molecule has 236 valence electrons. The number of hydrogen-bond acceptors (Lipinski definition) is 7. The first-order valence-electron chi connectivity index (χ1n) is 14.6. The van der Waals surface area contributed by atoms with Crippen molar-refractivity contribution >= 4 is 27.5 Å². The molecule has 0 aromatic heterocycles. The molecule has 4 rings (SSSR count). The van der Waals surface area contributed by atoms with E-state index in [1.807, 2.05) is 6.92 Å². The number of nitrogens with one attached hydrogen (secondary N) is 1. The fraction of sp³-hybridized carbons (Fsp3) is 0.375. The Bertz CT molecular complexity index is 1550. The monoisotopic (exact) mass is 627 g/mol. The van der Waals surface area contributed by atoms with Crippen LogP contribution >= 0.6 is 0 Å². The molecule has 0 saturated heterocycles. The molecule has 1 aliphatic heterocycles. The number of anilines is 1. The molecule has 0 spiro atoms. The topological polar surface area (TPSA) is 114 Å². The summed E-state index contributed by atoms with van der Waals surface area (Å²) in [6, 6.07) is 15.2. The number of unbranched alkanes of at least 4 members (excludes halogenated alkanes) is 1. The summed E-state index contributed by atoms with van der Waals surface area (Å²) in [5.41, 5.74) is 0.775. The van der Waals surface area contributed by atoms with Gasteiger partial charge in [0.2, 0.25) is 11.8 Å². The number of carbonyl (C=O) groups excluding carboxylic acids is 2. The van der Waals surface area contributed by atoms with E-state index in [0.29, 0.717) is 36.6 Å². The summed E-state index contributed by atoms with van der Waals surface area (Å²) in [6.07, 6.45) is 1.95. The second-order valence-electron chi connectivity index (χ2n) is 10.2. The lowest BCUT2D eigenvalue weighted by Gasteiger charge is -2.33. The van der Waals surface area contributed by atoms with Crippen LogP contribution in [0, 0.1) is 5.82 Å². The Morgan fingerprint density at radius 1 is 1.00 bits per heavy atom. The Kier molecular flexibility index (Phi) is 11.0. The van der Waals surface area contributed by atoms with E-state index in [1.54, 1.807) is 31.2 Å². The van der Waals surface area contributed by atoms with E-state index >= 15 is 0 Å². The van der Waals surface area contributed by atoms with E-state index in [0.717, 1.165) is 29.3 Å². The predicted molar refractivity (Wildman–Crippen MR) is 164 cm³/mol. The summed E-state index contributed by atoms with van der Waals surface area (Å²) in [5.74, 6) is -0.271. The fourth-order valence-electron chi connectivity index (χ4n) is 4.84. The summed E-state index contributed by atoms with van der Waals surface area (Å²) >= 11 is 0. The van der Waals surface area contributed by atoms with Gasteiger partial charge in [-0.05, 0) is 66.9 Å².